The number of amidine groups is 1. The summed E-state index contributed by atoms with van der Waals surface area (Å²) in [4.78, 5) is 46.6. The lowest BCUT2D eigenvalue weighted by Crippen LogP contribution is -2.40. The first-order valence-electron chi connectivity index (χ1n) is 17.0. The Morgan fingerprint density at radius 1 is 0.917 bits per heavy atom. The second kappa shape index (κ2) is 15.6. The third kappa shape index (κ3) is 8.11. The van der Waals surface area contributed by atoms with Crippen LogP contribution in [0.1, 0.15) is 59.2 Å². The normalized spacial score (nSPS) is 19.9. The van der Waals surface area contributed by atoms with Crippen LogP contribution in [0.5, 0.6) is 0 Å². The van der Waals surface area contributed by atoms with Crippen LogP contribution in [0.3, 0.4) is 0 Å². The fraction of sp³-hybridized carbons (Fsp3) is 0.421. The summed E-state index contributed by atoms with van der Waals surface area (Å²) in [5.74, 6) is 0.500. The van der Waals surface area contributed by atoms with Crippen molar-refractivity contribution in [3.8, 4) is 11.1 Å². The van der Waals surface area contributed by atoms with E-state index in [-0.39, 0.29) is 29.9 Å². The van der Waals surface area contributed by atoms with E-state index in [1.807, 2.05) is 78.6 Å². The van der Waals surface area contributed by atoms with Crippen molar-refractivity contribution in [3.63, 3.8) is 0 Å². The van der Waals surface area contributed by atoms with Gasteiger partial charge in [-0.1, -0.05) is 36.4 Å². The number of nitrogens with zero attached hydrogens (tertiary/aromatic N) is 4. The number of Topliss-reactive ketones (excluding diaryl/α,β-unsaturated/α-hetero) is 1. The van der Waals surface area contributed by atoms with Gasteiger partial charge in [0.2, 0.25) is 5.91 Å². The lowest BCUT2D eigenvalue weighted by molar-refractivity contribution is -0.129. The Morgan fingerprint density at radius 2 is 1.60 bits per heavy atom. The fourth-order valence-corrected chi connectivity index (χ4v) is 6.80. The van der Waals surface area contributed by atoms with Crippen LogP contribution in [0.15, 0.2) is 82.0 Å². The summed E-state index contributed by atoms with van der Waals surface area (Å²) in [6.07, 6.45) is 4.20. The number of ether oxygens (including phenoxy) is 1. The molecule has 3 aromatic rings. The van der Waals surface area contributed by atoms with Gasteiger partial charge < -0.3 is 20.7 Å². The van der Waals surface area contributed by atoms with Gasteiger partial charge in [0.1, 0.15) is 5.78 Å². The van der Waals surface area contributed by atoms with Crippen LogP contribution in [0.25, 0.3) is 11.1 Å². The number of hydrogen-bond donors (Lipinski definition) is 2. The lowest BCUT2D eigenvalue weighted by Gasteiger charge is -2.28. The van der Waals surface area contributed by atoms with Crippen molar-refractivity contribution in [3.05, 3.63) is 89.0 Å². The molecule has 3 aliphatic rings. The summed E-state index contributed by atoms with van der Waals surface area (Å²) < 4.78 is 5.42. The number of aryl methyl sites for hydroxylation is 1. The number of azo groups is 1. The van der Waals surface area contributed by atoms with E-state index < -0.39 is 5.92 Å². The Balaban J connectivity index is 1.17. The number of carbonyl (C=O) groups is 3. The van der Waals surface area contributed by atoms with Crippen molar-refractivity contribution >= 4 is 29.1 Å². The highest BCUT2D eigenvalue weighted by atomic mass is 16.5. The van der Waals surface area contributed by atoms with Gasteiger partial charge in [-0.15, -0.1) is 5.11 Å². The molecular weight excluding hydrogens is 604 g/mol. The van der Waals surface area contributed by atoms with Crippen LogP contribution < -0.4 is 11.1 Å². The number of anilines is 1. The topological polar surface area (TPSA) is 139 Å². The zero-order valence-corrected chi connectivity index (χ0v) is 27.6. The average Bonchev–Trinajstić information content (AvgIpc) is 3.68. The summed E-state index contributed by atoms with van der Waals surface area (Å²) >= 11 is 0. The number of hydrogen-bond acceptors (Lipinski definition) is 8. The van der Waals surface area contributed by atoms with Gasteiger partial charge in [-0.2, -0.15) is 5.11 Å². The van der Waals surface area contributed by atoms with Gasteiger partial charge in [-0.3, -0.25) is 14.4 Å². The van der Waals surface area contributed by atoms with E-state index in [1.165, 1.54) is 0 Å². The largest absolute Gasteiger partial charge is 0.378 e. The number of amides is 2. The minimum absolute atomic E-state index is 0.0248. The molecule has 2 heterocycles. The summed E-state index contributed by atoms with van der Waals surface area (Å²) in [6.45, 7) is 5.25. The molecule has 2 aliphatic heterocycles. The Labute approximate surface area is 281 Å². The predicted molar refractivity (Wildman–Crippen MR) is 186 cm³/mol. The van der Waals surface area contributed by atoms with Gasteiger partial charge >= 0.3 is 0 Å². The monoisotopic (exact) mass is 648 g/mol. The maximum Gasteiger partial charge on any atom is 0.254 e. The van der Waals surface area contributed by atoms with E-state index in [2.05, 4.69) is 20.5 Å². The molecule has 0 spiro atoms. The molecule has 2 fully saturated rings. The van der Waals surface area contributed by atoms with Gasteiger partial charge in [0, 0.05) is 48.2 Å². The number of rotatable bonds is 11. The molecule has 3 N–H and O–H groups in total. The van der Waals surface area contributed by atoms with Crippen LogP contribution in [0, 0.1) is 24.7 Å². The third-order valence-corrected chi connectivity index (χ3v) is 9.85. The number of carbonyl (C=O) groups excluding carboxylic acids is 3. The molecule has 10 heteroatoms. The third-order valence-electron chi connectivity index (χ3n) is 9.85. The Morgan fingerprint density at radius 3 is 2.27 bits per heavy atom. The van der Waals surface area contributed by atoms with Gasteiger partial charge in [-0.25, -0.2) is 4.99 Å². The zero-order valence-electron chi connectivity index (χ0n) is 27.6. The maximum absolute atomic E-state index is 13.7. The minimum Gasteiger partial charge on any atom is -0.378 e. The van der Waals surface area contributed by atoms with E-state index in [9.17, 15) is 14.4 Å². The molecule has 250 valence electrons. The van der Waals surface area contributed by atoms with Gasteiger partial charge in [0.15, 0.2) is 12.5 Å². The maximum atomic E-state index is 13.7. The van der Waals surface area contributed by atoms with Gasteiger partial charge in [-0.05, 0) is 104 Å². The smallest absolute Gasteiger partial charge is 0.254 e. The van der Waals surface area contributed by atoms with Crippen molar-refractivity contribution in [1.82, 2.24) is 4.90 Å². The van der Waals surface area contributed by atoms with Crippen molar-refractivity contribution < 1.29 is 19.1 Å². The summed E-state index contributed by atoms with van der Waals surface area (Å²) in [5.41, 5.74) is 11.9. The van der Waals surface area contributed by atoms with E-state index in [0.29, 0.717) is 68.9 Å². The predicted octanol–water partition coefficient (Wildman–Crippen LogP) is 5.83. The molecule has 0 aromatic heterocycles. The number of aliphatic imine (C=N–C) groups is 1. The van der Waals surface area contributed by atoms with E-state index in [0.717, 1.165) is 53.5 Å². The van der Waals surface area contributed by atoms with E-state index in [4.69, 9.17) is 10.5 Å². The highest BCUT2D eigenvalue weighted by Gasteiger charge is 2.30. The van der Waals surface area contributed by atoms with E-state index >= 15 is 0 Å². The lowest BCUT2D eigenvalue weighted by atomic mass is 9.77. The molecular formula is C38H44N6O4. The summed E-state index contributed by atoms with van der Waals surface area (Å²) in [6, 6.07) is 21.4. The number of morpholine rings is 1. The molecule has 48 heavy (non-hydrogen) atoms. The first kappa shape index (κ1) is 33.4. The van der Waals surface area contributed by atoms with Crippen molar-refractivity contribution in [2.75, 3.05) is 44.8 Å². The van der Waals surface area contributed by atoms with Crippen molar-refractivity contribution in [2.24, 2.45) is 38.7 Å². The molecule has 1 saturated heterocycles. The van der Waals surface area contributed by atoms with E-state index in [1.54, 1.807) is 0 Å². The molecule has 3 aromatic carbocycles. The molecule has 0 unspecified atom stereocenters. The van der Waals surface area contributed by atoms with Crippen molar-refractivity contribution in [2.45, 2.75) is 45.4 Å². The molecule has 1 saturated carbocycles. The Bertz CT molecular complexity index is 1670. The van der Waals surface area contributed by atoms with Crippen LogP contribution in [-0.2, 0) is 20.7 Å². The number of benzene rings is 3. The zero-order chi connectivity index (χ0) is 33.5. The van der Waals surface area contributed by atoms with Crippen LogP contribution in [-0.4, -0.2) is 67.8 Å². The van der Waals surface area contributed by atoms with Crippen LogP contribution in [0.4, 0.5) is 5.69 Å². The first-order chi connectivity index (χ1) is 23.4. The minimum atomic E-state index is -0.527. The SMILES string of the molecule is Cc1ccc(-c2ccc(C[C@H](CC(=O)C3CCC(CN)CC3)C(=O)Nc3ccc(C4=NCN=N4)cc3)cc2)cc1C(=O)N1CCOCC1. The number of nitrogens with one attached hydrogen (secondary N) is 1. The highest BCUT2D eigenvalue weighted by Crippen LogP contribution is 2.31. The number of ketones is 1. The Hall–Kier alpha value is -4.54. The fourth-order valence-electron chi connectivity index (χ4n) is 6.80. The second-order valence-electron chi connectivity index (χ2n) is 13.1. The second-order valence-corrected chi connectivity index (χ2v) is 13.1. The molecule has 6 rings (SSSR count). The van der Waals surface area contributed by atoms with Gasteiger partial charge in [0.25, 0.3) is 5.91 Å². The summed E-state index contributed by atoms with van der Waals surface area (Å²) in [5, 5.41) is 11.0. The molecule has 1 aliphatic carbocycles. The Kier molecular flexibility index (Phi) is 10.8. The molecule has 1 atom stereocenters. The molecule has 0 bridgehead atoms. The number of nitrogens with two attached hydrogens (primary N) is 1. The van der Waals surface area contributed by atoms with Gasteiger partial charge in [0.05, 0.1) is 13.2 Å². The molecule has 2 amide bonds. The molecule has 10 nitrogen and oxygen atoms in total. The van der Waals surface area contributed by atoms with Crippen molar-refractivity contribution in [1.29, 1.82) is 0 Å². The highest BCUT2D eigenvalue weighted by molar-refractivity contribution is 6.01. The molecule has 0 radical (unpaired) electrons. The summed E-state index contributed by atoms with van der Waals surface area (Å²) in [7, 11) is 0. The quantitative estimate of drug-likeness (QED) is 0.270. The standard InChI is InChI=1S/C38H44N6O4/c1-25-2-7-31(21-34(25)38(47)44-16-18-48-19-17-44)28-8-3-26(4-9-28)20-32(22-35(45)29-10-5-27(23-39)6-11-29)37(46)42-33-14-12-30(13-15-33)36-40-24-41-43-36/h2-4,7-9,12-15,21,27,29,32H,5-6,10-11,16-20,22-24,39H2,1H3,(H,42,46)/t27?,29?,32-/m1/s1. The average molecular weight is 649 g/mol. The van der Waals surface area contributed by atoms with Crippen LogP contribution in [0.2, 0.25) is 0 Å². The first-order valence-corrected chi connectivity index (χ1v) is 17.0. The van der Waals surface area contributed by atoms with Crippen LogP contribution >= 0.6 is 0 Å².